The van der Waals surface area contributed by atoms with Crippen LogP contribution in [0, 0.1) is 0 Å². The van der Waals surface area contributed by atoms with E-state index in [1.807, 2.05) is 19.1 Å². The Labute approximate surface area is 190 Å². The van der Waals surface area contributed by atoms with Gasteiger partial charge in [-0.25, -0.2) is 0 Å². The molecule has 1 atom stereocenters. The standard InChI is InChI=1S/C21H23Cl3N2O2S/c1-3-19(21(28)25-2)26(11-14-7-9-15(22)10-8-14)20(27)13-29-12-16-17(23)5-4-6-18(16)24/h4-10,19H,3,11-13H2,1-2H3,(H,25,28). The molecule has 0 spiro atoms. The summed E-state index contributed by atoms with van der Waals surface area (Å²) in [5, 5.41) is 4.42. The largest absolute Gasteiger partial charge is 0.357 e. The zero-order chi connectivity index (χ0) is 21.4. The smallest absolute Gasteiger partial charge is 0.242 e. The van der Waals surface area contributed by atoms with Crippen molar-refractivity contribution < 1.29 is 9.59 Å². The highest BCUT2D eigenvalue weighted by Crippen LogP contribution is 2.28. The van der Waals surface area contributed by atoms with Gasteiger partial charge in [0.15, 0.2) is 0 Å². The van der Waals surface area contributed by atoms with Crippen LogP contribution in [-0.4, -0.2) is 35.6 Å². The molecule has 29 heavy (non-hydrogen) atoms. The fourth-order valence-electron chi connectivity index (χ4n) is 2.87. The lowest BCUT2D eigenvalue weighted by atomic mass is 10.1. The van der Waals surface area contributed by atoms with E-state index in [2.05, 4.69) is 5.32 Å². The molecule has 0 saturated heterocycles. The van der Waals surface area contributed by atoms with E-state index in [0.717, 1.165) is 11.1 Å². The highest BCUT2D eigenvalue weighted by atomic mass is 35.5. The van der Waals surface area contributed by atoms with Gasteiger partial charge in [-0.3, -0.25) is 9.59 Å². The minimum absolute atomic E-state index is 0.122. The molecule has 1 N–H and O–H groups in total. The summed E-state index contributed by atoms with van der Waals surface area (Å²) in [4.78, 5) is 27.0. The lowest BCUT2D eigenvalue weighted by Gasteiger charge is -2.30. The van der Waals surface area contributed by atoms with Crippen molar-refractivity contribution in [2.24, 2.45) is 0 Å². The molecule has 0 saturated carbocycles. The lowest BCUT2D eigenvalue weighted by molar-refractivity contribution is -0.139. The fourth-order valence-corrected chi connectivity index (χ4v) is 4.64. The Balaban J connectivity index is 2.12. The van der Waals surface area contributed by atoms with Crippen LogP contribution in [0.4, 0.5) is 0 Å². The average Bonchev–Trinajstić information content (AvgIpc) is 2.71. The second kappa shape index (κ2) is 11.7. The van der Waals surface area contributed by atoms with Gasteiger partial charge in [-0.1, -0.05) is 59.9 Å². The van der Waals surface area contributed by atoms with Gasteiger partial charge in [0.05, 0.1) is 5.75 Å². The first-order valence-electron chi connectivity index (χ1n) is 9.13. The van der Waals surface area contributed by atoms with Gasteiger partial charge in [0, 0.05) is 34.4 Å². The van der Waals surface area contributed by atoms with E-state index in [0.29, 0.717) is 33.8 Å². The number of thioether (sulfide) groups is 1. The number of halogens is 3. The van der Waals surface area contributed by atoms with E-state index in [1.54, 1.807) is 42.3 Å². The van der Waals surface area contributed by atoms with Crippen LogP contribution in [0.2, 0.25) is 15.1 Å². The maximum absolute atomic E-state index is 13.0. The molecule has 2 rings (SSSR count). The van der Waals surface area contributed by atoms with E-state index in [1.165, 1.54) is 11.8 Å². The maximum atomic E-state index is 13.0. The molecule has 2 amide bonds. The van der Waals surface area contributed by atoms with Crippen molar-refractivity contribution in [3.05, 3.63) is 68.7 Å². The summed E-state index contributed by atoms with van der Waals surface area (Å²) < 4.78 is 0. The molecular formula is C21H23Cl3N2O2S. The van der Waals surface area contributed by atoms with Gasteiger partial charge in [0.2, 0.25) is 11.8 Å². The van der Waals surface area contributed by atoms with Crippen molar-refractivity contribution in [1.29, 1.82) is 0 Å². The number of benzene rings is 2. The number of hydrogen-bond acceptors (Lipinski definition) is 3. The number of carbonyl (C=O) groups excluding carboxylic acids is 2. The van der Waals surface area contributed by atoms with Crippen molar-refractivity contribution in [2.45, 2.75) is 31.7 Å². The summed E-state index contributed by atoms with van der Waals surface area (Å²) in [5.41, 5.74) is 1.71. The van der Waals surface area contributed by atoms with Crippen LogP contribution in [0.25, 0.3) is 0 Å². The topological polar surface area (TPSA) is 49.4 Å². The average molecular weight is 474 g/mol. The molecule has 0 heterocycles. The van der Waals surface area contributed by atoms with Crippen molar-refractivity contribution >= 4 is 58.4 Å². The second-order valence-corrected chi connectivity index (χ2v) is 8.62. The molecule has 0 aliphatic carbocycles. The van der Waals surface area contributed by atoms with Gasteiger partial charge in [-0.05, 0) is 41.8 Å². The Morgan fingerprint density at radius 3 is 2.24 bits per heavy atom. The number of amides is 2. The Kier molecular flexibility index (Phi) is 9.63. The first kappa shape index (κ1) is 23.9. The third-order valence-corrected chi connectivity index (χ3v) is 6.34. The predicted molar refractivity (Wildman–Crippen MR) is 123 cm³/mol. The number of hydrogen-bond donors (Lipinski definition) is 1. The first-order valence-corrected chi connectivity index (χ1v) is 11.4. The Morgan fingerprint density at radius 1 is 1.07 bits per heavy atom. The summed E-state index contributed by atoms with van der Waals surface area (Å²) in [6.45, 7) is 2.22. The van der Waals surface area contributed by atoms with Gasteiger partial charge in [0.25, 0.3) is 0 Å². The lowest BCUT2D eigenvalue weighted by Crippen LogP contribution is -2.48. The van der Waals surface area contributed by atoms with Crippen LogP contribution in [0.1, 0.15) is 24.5 Å². The zero-order valence-electron chi connectivity index (χ0n) is 16.3. The van der Waals surface area contributed by atoms with Gasteiger partial charge in [0.1, 0.15) is 6.04 Å². The Bertz CT molecular complexity index is 826. The van der Waals surface area contributed by atoms with Crippen LogP contribution in [0.5, 0.6) is 0 Å². The van der Waals surface area contributed by atoms with Crippen LogP contribution in [0.15, 0.2) is 42.5 Å². The van der Waals surface area contributed by atoms with Crippen molar-refractivity contribution in [3.8, 4) is 0 Å². The van der Waals surface area contributed by atoms with Gasteiger partial charge in [-0.2, -0.15) is 0 Å². The minimum Gasteiger partial charge on any atom is -0.357 e. The van der Waals surface area contributed by atoms with Crippen LogP contribution in [0.3, 0.4) is 0 Å². The Hall–Kier alpha value is -1.40. The summed E-state index contributed by atoms with van der Waals surface area (Å²) in [6.07, 6.45) is 0.514. The van der Waals surface area contributed by atoms with Crippen molar-refractivity contribution in [1.82, 2.24) is 10.2 Å². The van der Waals surface area contributed by atoms with Crippen molar-refractivity contribution in [2.75, 3.05) is 12.8 Å². The summed E-state index contributed by atoms with van der Waals surface area (Å²) in [5.74, 6) is 0.413. The Morgan fingerprint density at radius 2 is 1.69 bits per heavy atom. The normalized spacial score (nSPS) is 11.8. The number of rotatable bonds is 9. The van der Waals surface area contributed by atoms with E-state index >= 15 is 0 Å². The van der Waals surface area contributed by atoms with Crippen LogP contribution in [-0.2, 0) is 21.9 Å². The molecule has 0 bridgehead atoms. The van der Waals surface area contributed by atoms with E-state index < -0.39 is 6.04 Å². The molecule has 0 aliphatic rings. The number of nitrogens with zero attached hydrogens (tertiary/aromatic N) is 1. The SMILES string of the molecule is CCC(C(=O)NC)N(Cc1ccc(Cl)cc1)C(=O)CSCc1c(Cl)cccc1Cl. The zero-order valence-corrected chi connectivity index (χ0v) is 19.3. The first-order chi connectivity index (χ1) is 13.9. The number of likely N-dealkylation sites (N-methyl/N-ethyl adjacent to an activating group) is 1. The number of carbonyl (C=O) groups is 2. The molecule has 156 valence electrons. The minimum atomic E-state index is -0.548. The highest BCUT2D eigenvalue weighted by molar-refractivity contribution is 7.99. The summed E-state index contributed by atoms with van der Waals surface area (Å²) >= 11 is 19.8. The predicted octanol–water partition coefficient (Wildman–Crippen LogP) is 5.43. The second-order valence-electron chi connectivity index (χ2n) is 6.38. The molecule has 0 aliphatic heterocycles. The maximum Gasteiger partial charge on any atom is 0.242 e. The van der Waals surface area contributed by atoms with Crippen molar-refractivity contribution in [3.63, 3.8) is 0 Å². The summed E-state index contributed by atoms with van der Waals surface area (Å²) in [7, 11) is 1.57. The molecule has 8 heteroatoms. The van der Waals surface area contributed by atoms with E-state index in [-0.39, 0.29) is 17.6 Å². The van der Waals surface area contributed by atoms with Gasteiger partial charge in [-0.15, -0.1) is 11.8 Å². The van der Waals surface area contributed by atoms with Gasteiger partial charge >= 0.3 is 0 Å². The molecule has 2 aromatic carbocycles. The van der Waals surface area contributed by atoms with Crippen LogP contribution < -0.4 is 5.32 Å². The highest BCUT2D eigenvalue weighted by Gasteiger charge is 2.27. The molecular weight excluding hydrogens is 451 g/mol. The third kappa shape index (κ3) is 6.82. The quantitative estimate of drug-likeness (QED) is 0.528. The molecule has 0 fully saturated rings. The van der Waals surface area contributed by atoms with Gasteiger partial charge < -0.3 is 10.2 Å². The molecule has 0 aromatic heterocycles. The molecule has 0 radical (unpaired) electrons. The fraction of sp³-hybridized carbons (Fsp3) is 0.333. The number of nitrogens with one attached hydrogen (secondary N) is 1. The molecule has 1 unspecified atom stereocenters. The monoisotopic (exact) mass is 472 g/mol. The molecule has 2 aromatic rings. The molecule has 4 nitrogen and oxygen atoms in total. The summed E-state index contributed by atoms with van der Waals surface area (Å²) in [6, 6.07) is 12.0. The van der Waals surface area contributed by atoms with E-state index in [9.17, 15) is 9.59 Å². The van der Waals surface area contributed by atoms with E-state index in [4.69, 9.17) is 34.8 Å². The van der Waals surface area contributed by atoms with Crippen LogP contribution >= 0.6 is 46.6 Å². The third-order valence-electron chi connectivity index (χ3n) is 4.43.